The minimum atomic E-state index is 0.854. The molecule has 1 heterocycles. The summed E-state index contributed by atoms with van der Waals surface area (Å²) in [5, 5.41) is 1.28. The molecule has 0 radical (unpaired) electrons. The third-order valence-corrected chi connectivity index (χ3v) is 3.45. The van der Waals surface area contributed by atoms with E-state index >= 15 is 0 Å². The number of benzene rings is 2. The highest BCUT2D eigenvalue weighted by atomic mass is 14.9. The number of fused-ring (bicyclic) bond motifs is 1. The van der Waals surface area contributed by atoms with E-state index in [4.69, 9.17) is 0 Å². The van der Waals surface area contributed by atoms with Crippen LogP contribution >= 0.6 is 0 Å². The molecule has 1 aromatic heterocycles. The van der Waals surface area contributed by atoms with E-state index in [0.717, 1.165) is 6.54 Å². The van der Waals surface area contributed by atoms with Crippen molar-refractivity contribution in [1.82, 2.24) is 4.57 Å². The first-order valence-electron chi connectivity index (χ1n) is 6.55. The van der Waals surface area contributed by atoms with Crippen molar-refractivity contribution in [3.8, 4) is 11.1 Å². The zero-order chi connectivity index (χ0) is 13.2. The lowest BCUT2D eigenvalue weighted by Crippen LogP contribution is -1.91. The monoisotopic (exact) mass is 247 g/mol. The van der Waals surface area contributed by atoms with Gasteiger partial charge in [0, 0.05) is 23.6 Å². The average molecular weight is 247 g/mol. The van der Waals surface area contributed by atoms with Crippen LogP contribution in [0.15, 0.2) is 67.4 Å². The van der Waals surface area contributed by atoms with Gasteiger partial charge in [-0.1, -0.05) is 42.0 Å². The van der Waals surface area contributed by atoms with Crippen LogP contribution in [-0.2, 0) is 6.54 Å². The predicted octanol–water partition coefficient (Wildman–Crippen LogP) is 4.80. The van der Waals surface area contributed by atoms with E-state index in [9.17, 15) is 0 Å². The Hall–Kier alpha value is -2.28. The number of aromatic nitrogens is 1. The zero-order valence-electron chi connectivity index (χ0n) is 11.1. The number of rotatable bonds is 3. The summed E-state index contributed by atoms with van der Waals surface area (Å²) in [5.74, 6) is 0. The maximum absolute atomic E-state index is 3.80. The smallest absolute Gasteiger partial charge is 0.0483 e. The summed E-state index contributed by atoms with van der Waals surface area (Å²) in [6, 6.07) is 17.4. The van der Waals surface area contributed by atoms with Gasteiger partial charge in [0.05, 0.1) is 0 Å². The zero-order valence-corrected chi connectivity index (χ0v) is 11.1. The second-order valence-corrected chi connectivity index (χ2v) is 4.90. The van der Waals surface area contributed by atoms with Crippen molar-refractivity contribution in [3.63, 3.8) is 0 Å². The Balaban J connectivity index is 2.09. The van der Waals surface area contributed by atoms with Gasteiger partial charge < -0.3 is 4.57 Å². The largest absolute Gasteiger partial charge is 0.344 e. The van der Waals surface area contributed by atoms with Crippen LogP contribution in [0.5, 0.6) is 0 Å². The topological polar surface area (TPSA) is 4.93 Å². The molecule has 2 aromatic carbocycles. The predicted molar refractivity (Wildman–Crippen MR) is 82.3 cm³/mol. The van der Waals surface area contributed by atoms with Gasteiger partial charge in [-0.3, -0.25) is 0 Å². The fraction of sp³-hybridized carbons (Fsp3) is 0.111. The van der Waals surface area contributed by atoms with Gasteiger partial charge in [-0.25, -0.2) is 0 Å². The molecule has 0 saturated carbocycles. The highest BCUT2D eigenvalue weighted by Crippen LogP contribution is 2.25. The molecule has 1 nitrogen and oxygen atoms in total. The standard InChI is InChI=1S/C18H17N/c1-3-10-19-11-9-17-13-16(7-8-18(17)19)15-6-4-5-14(2)12-15/h3-9,11-13H,1,10H2,2H3. The fourth-order valence-corrected chi connectivity index (χ4v) is 2.50. The van der Waals surface area contributed by atoms with Gasteiger partial charge in [0.1, 0.15) is 0 Å². The van der Waals surface area contributed by atoms with Crippen LogP contribution in [0.2, 0.25) is 0 Å². The molecule has 94 valence electrons. The molecule has 0 N–H and O–H groups in total. The molecular weight excluding hydrogens is 230 g/mol. The number of hydrogen-bond acceptors (Lipinski definition) is 0. The van der Waals surface area contributed by atoms with Gasteiger partial charge in [0.25, 0.3) is 0 Å². The second-order valence-electron chi connectivity index (χ2n) is 4.90. The van der Waals surface area contributed by atoms with Crippen molar-refractivity contribution in [3.05, 3.63) is 72.9 Å². The Morgan fingerprint density at radius 2 is 1.89 bits per heavy atom. The highest BCUT2D eigenvalue weighted by molar-refractivity contribution is 5.85. The van der Waals surface area contributed by atoms with E-state index in [1.165, 1.54) is 27.6 Å². The van der Waals surface area contributed by atoms with E-state index in [1.807, 2.05) is 6.08 Å². The number of hydrogen-bond donors (Lipinski definition) is 0. The lowest BCUT2D eigenvalue weighted by atomic mass is 10.0. The maximum atomic E-state index is 3.80. The molecule has 0 amide bonds. The summed E-state index contributed by atoms with van der Waals surface area (Å²) >= 11 is 0. The van der Waals surface area contributed by atoms with E-state index in [-0.39, 0.29) is 0 Å². The first-order chi connectivity index (χ1) is 9.28. The maximum Gasteiger partial charge on any atom is 0.0483 e. The van der Waals surface area contributed by atoms with E-state index in [0.29, 0.717) is 0 Å². The van der Waals surface area contributed by atoms with Crippen molar-refractivity contribution >= 4 is 10.9 Å². The van der Waals surface area contributed by atoms with Crippen molar-refractivity contribution in [1.29, 1.82) is 0 Å². The molecule has 19 heavy (non-hydrogen) atoms. The molecule has 0 bridgehead atoms. The van der Waals surface area contributed by atoms with Crippen molar-refractivity contribution in [2.45, 2.75) is 13.5 Å². The SMILES string of the molecule is C=CCn1ccc2cc(-c3cccc(C)c3)ccc21. The minimum absolute atomic E-state index is 0.854. The normalized spacial score (nSPS) is 10.8. The molecule has 0 spiro atoms. The van der Waals surface area contributed by atoms with Gasteiger partial charge in [-0.05, 0) is 36.2 Å². The number of allylic oxidation sites excluding steroid dienone is 1. The van der Waals surface area contributed by atoms with Gasteiger partial charge in [-0.2, -0.15) is 0 Å². The molecule has 0 unspecified atom stereocenters. The van der Waals surface area contributed by atoms with Crippen LogP contribution in [0.1, 0.15) is 5.56 Å². The Kier molecular flexibility index (Phi) is 2.96. The molecule has 0 aliphatic rings. The summed E-state index contributed by atoms with van der Waals surface area (Å²) in [7, 11) is 0. The number of aryl methyl sites for hydroxylation is 1. The third kappa shape index (κ3) is 2.19. The lowest BCUT2D eigenvalue weighted by molar-refractivity contribution is 0.865. The molecule has 3 rings (SSSR count). The Morgan fingerprint density at radius 3 is 2.68 bits per heavy atom. The van der Waals surface area contributed by atoms with E-state index < -0.39 is 0 Å². The van der Waals surface area contributed by atoms with Gasteiger partial charge in [-0.15, -0.1) is 6.58 Å². The third-order valence-electron chi connectivity index (χ3n) is 3.45. The molecule has 0 atom stereocenters. The van der Waals surface area contributed by atoms with Gasteiger partial charge in [0.2, 0.25) is 0 Å². The number of nitrogens with zero attached hydrogens (tertiary/aromatic N) is 1. The van der Waals surface area contributed by atoms with Crippen LogP contribution in [0.4, 0.5) is 0 Å². The van der Waals surface area contributed by atoms with Crippen molar-refractivity contribution in [2.75, 3.05) is 0 Å². The molecule has 0 aliphatic carbocycles. The van der Waals surface area contributed by atoms with Crippen LogP contribution in [0.3, 0.4) is 0 Å². The summed E-state index contributed by atoms with van der Waals surface area (Å²) in [4.78, 5) is 0. The summed E-state index contributed by atoms with van der Waals surface area (Å²) in [5.41, 5.74) is 5.10. The van der Waals surface area contributed by atoms with Crippen LogP contribution in [-0.4, -0.2) is 4.57 Å². The van der Waals surface area contributed by atoms with E-state index in [1.54, 1.807) is 0 Å². The first-order valence-corrected chi connectivity index (χ1v) is 6.55. The van der Waals surface area contributed by atoms with Crippen LogP contribution < -0.4 is 0 Å². The molecule has 3 aromatic rings. The van der Waals surface area contributed by atoms with E-state index in [2.05, 4.69) is 72.8 Å². The Bertz CT molecular complexity index is 734. The molecule has 0 fully saturated rings. The molecule has 1 heteroatoms. The lowest BCUT2D eigenvalue weighted by Gasteiger charge is -2.05. The first kappa shape index (κ1) is 11.8. The van der Waals surface area contributed by atoms with Crippen LogP contribution in [0.25, 0.3) is 22.0 Å². The fourth-order valence-electron chi connectivity index (χ4n) is 2.50. The molecular formula is C18H17N. The average Bonchev–Trinajstić information content (AvgIpc) is 2.82. The second kappa shape index (κ2) is 4.77. The Labute approximate surface area is 113 Å². The molecule has 0 aliphatic heterocycles. The summed E-state index contributed by atoms with van der Waals surface area (Å²) in [6.45, 7) is 6.78. The summed E-state index contributed by atoms with van der Waals surface area (Å²) < 4.78 is 2.21. The van der Waals surface area contributed by atoms with Crippen molar-refractivity contribution < 1.29 is 0 Å². The quantitative estimate of drug-likeness (QED) is 0.586. The van der Waals surface area contributed by atoms with Crippen molar-refractivity contribution in [2.24, 2.45) is 0 Å². The highest BCUT2D eigenvalue weighted by Gasteiger charge is 2.03. The van der Waals surface area contributed by atoms with Gasteiger partial charge >= 0.3 is 0 Å². The Morgan fingerprint density at radius 1 is 1.05 bits per heavy atom. The minimum Gasteiger partial charge on any atom is -0.344 e. The molecule has 0 saturated heterocycles. The van der Waals surface area contributed by atoms with Crippen LogP contribution in [0, 0.1) is 6.92 Å². The van der Waals surface area contributed by atoms with Gasteiger partial charge in [0.15, 0.2) is 0 Å². The summed E-state index contributed by atoms with van der Waals surface area (Å²) in [6.07, 6.45) is 4.04.